The minimum absolute atomic E-state index is 0.120. The van der Waals surface area contributed by atoms with Crippen molar-refractivity contribution in [1.29, 1.82) is 0 Å². The van der Waals surface area contributed by atoms with Crippen LogP contribution in [0.1, 0.15) is 29.5 Å². The van der Waals surface area contributed by atoms with E-state index >= 15 is 0 Å². The minimum Gasteiger partial charge on any atom is -0.493 e. The molecule has 9 nitrogen and oxygen atoms in total. The number of fused-ring (bicyclic) bond motifs is 2. The molecule has 0 saturated carbocycles. The summed E-state index contributed by atoms with van der Waals surface area (Å²) < 4.78 is 10.7. The van der Waals surface area contributed by atoms with Gasteiger partial charge in [0.05, 0.1) is 14.2 Å². The quantitative estimate of drug-likeness (QED) is 0.632. The number of urea groups is 1. The maximum absolute atomic E-state index is 12.9. The lowest BCUT2D eigenvalue weighted by Gasteiger charge is -2.29. The molecule has 0 radical (unpaired) electrons. The van der Waals surface area contributed by atoms with Gasteiger partial charge in [0, 0.05) is 44.9 Å². The largest absolute Gasteiger partial charge is 0.493 e. The third-order valence-electron chi connectivity index (χ3n) is 5.89. The van der Waals surface area contributed by atoms with E-state index < -0.39 is 6.04 Å². The summed E-state index contributed by atoms with van der Waals surface area (Å²) in [5.41, 5.74) is 2.88. The normalized spacial score (nSPS) is 17.1. The molecule has 1 saturated heterocycles. The lowest BCUT2D eigenvalue weighted by atomic mass is 9.94. The van der Waals surface area contributed by atoms with Crippen molar-refractivity contribution in [3.8, 4) is 11.5 Å². The zero-order valence-corrected chi connectivity index (χ0v) is 18.2. The van der Waals surface area contributed by atoms with Gasteiger partial charge in [-0.15, -0.1) is 0 Å². The number of carbonyl (C=O) groups is 3. The number of carbonyl (C=O) groups excluding carboxylic acids is 3. The molecule has 0 unspecified atom stereocenters. The summed E-state index contributed by atoms with van der Waals surface area (Å²) in [5, 5.41) is 2.84. The Kier molecular flexibility index (Phi) is 6.25. The van der Waals surface area contributed by atoms with E-state index in [-0.39, 0.29) is 30.8 Å². The van der Waals surface area contributed by atoms with E-state index in [1.165, 1.54) is 4.90 Å². The van der Waals surface area contributed by atoms with Crippen molar-refractivity contribution in [1.82, 2.24) is 20.1 Å². The van der Waals surface area contributed by atoms with Crippen molar-refractivity contribution < 1.29 is 23.9 Å². The molecule has 2 aromatic rings. The Bertz CT molecular complexity index is 976. The molecule has 168 valence electrons. The summed E-state index contributed by atoms with van der Waals surface area (Å²) in [7, 11) is 3.13. The van der Waals surface area contributed by atoms with Crippen LogP contribution in [-0.2, 0) is 29.1 Å². The number of aromatic nitrogens is 1. The van der Waals surface area contributed by atoms with E-state index in [1.807, 2.05) is 24.3 Å². The second kappa shape index (κ2) is 9.25. The van der Waals surface area contributed by atoms with Gasteiger partial charge in [0.25, 0.3) is 5.91 Å². The number of imide groups is 1. The van der Waals surface area contributed by atoms with Gasteiger partial charge in [-0.2, -0.15) is 0 Å². The zero-order valence-electron chi connectivity index (χ0n) is 18.2. The molecule has 1 aromatic carbocycles. The molecule has 3 heterocycles. The molecule has 1 atom stereocenters. The van der Waals surface area contributed by atoms with Gasteiger partial charge in [-0.1, -0.05) is 0 Å². The molecule has 2 aliphatic rings. The van der Waals surface area contributed by atoms with E-state index in [9.17, 15) is 14.4 Å². The fraction of sp³-hybridized carbons (Fsp3) is 0.391. The summed E-state index contributed by atoms with van der Waals surface area (Å²) in [4.78, 5) is 44.7. The van der Waals surface area contributed by atoms with Crippen molar-refractivity contribution in [3.63, 3.8) is 0 Å². The van der Waals surface area contributed by atoms with Crippen molar-refractivity contribution >= 4 is 17.8 Å². The van der Waals surface area contributed by atoms with Crippen molar-refractivity contribution in [2.24, 2.45) is 0 Å². The topological polar surface area (TPSA) is 101 Å². The Morgan fingerprint density at radius 3 is 2.50 bits per heavy atom. The van der Waals surface area contributed by atoms with Gasteiger partial charge in [0.15, 0.2) is 11.5 Å². The minimum atomic E-state index is -0.520. The molecular formula is C23H26N4O5. The lowest BCUT2D eigenvalue weighted by molar-refractivity contribution is -0.129. The molecule has 4 amide bonds. The highest BCUT2D eigenvalue weighted by molar-refractivity contribution is 6.04. The summed E-state index contributed by atoms with van der Waals surface area (Å²) in [6.07, 6.45) is 4.43. The third-order valence-corrected chi connectivity index (χ3v) is 5.89. The van der Waals surface area contributed by atoms with Gasteiger partial charge < -0.3 is 19.7 Å². The molecule has 0 spiro atoms. The maximum Gasteiger partial charge on any atom is 0.327 e. The number of hydrogen-bond acceptors (Lipinski definition) is 6. The van der Waals surface area contributed by atoms with E-state index in [0.29, 0.717) is 37.4 Å². The Balaban J connectivity index is 1.34. The second-order valence-electron chi connectivity index (χ2n) is 7.83. The Labute approximate surface area is 186 Å². The molecule has 0 bridgehead atoms. The second-order valence-corrected chi connectivity index (χ2v) is 7.83. The SMILES string of the molecule is COc1cc2c(cc1OC)CN1C(=O)N(CCCC(=O)NCc3ccncc3)C(=O)[C@@H]1C2. The van der Waals surface area contributed by atoms with Gasteiger partial charge in [-0.05, 0) is 47.4 Å². The van der Waals surface area contributed by atoms with Crippen molar-refractivity contribution in [3.05, 3.63) is 53.3 Å². The Hall–Kier alpha value is -3.62. The van der Waals surface area contributed by atoms with Crippen molar-refractivity contribution in [2.75, 3.05) is 20.8 Å². The number of nitrogens with one attached hydrogen (secondary N) is 1. The van der Waals surface area contributed by atoms with Gasteiger partial charge in [0.2, 0.25) is 5.91 Å². The average Bonchev–Trinajstić information content (AvgIpc) is 3.05. The lowest BCUT2D eigenvalue weighted by Crippen LogP contribution is -2.40. The first-order chi connectivity index (χ1) is 15.5. The van der Waals surface area contributed by atoms with Gasteiger partial charge in [-0.25, -0.2) is 4.79 Å². The number of ether oxygens (including phenoxy) is 2. The van der Waals surface area contributed by atoms with Crippen LogP contribution in [0.3, 0.4) is 0 Å². The zero-order chi connectivity index (χ0) is 22.7. The predicted molar refractivity (Wildman–Crippen MR) is 115 cm³/mol. The third kappa shape index (κ3) is 4.23. The van der Waals surface area contributed by atoms with E-state index in [0.717, 1.165) is 16.7 Å². The van der Waals surface area contributed by atoms with Gasteiger partial charge in [0.1, 0.15) is 6.04 Å². The summed E-state index contributed by atoms with van der Waals surface area (Å²) in [6, 6.07) is 6.57. The van der Waals surface area contributed by atoms with E-state index in [4.69, 9.17) is 9.47 Å². The number of hydrogen-bond donors (Lipinski definition) is 1. The fourth-order valence-corrected chi connectivity index (χ4v) is 4.16. The number of benzene rings is 1. The Morgan fingerprint density at radius 2 is 1.81 bits per heavy atom. The molecule has 2 aliphatic heterocycles. The average molecular weight is 438 g/mol. The standard InChI is InChI=1S/C23H26N4O5/c1-31-19-11-16-10-18-22(29)26(23(30)27(18)14-17(16)12-20(19)32-2)9-3-4-21(28)25-13-15-5-7-24-8-6-15/h5-8,11-12,18H,3-4,9-10,13-14H2,1-2H3,(H,25,28)/t18-/m0/s1. The molecule has 32 heavy (non-hydrogen) atoms. The molecule has 1 aromatic heterocycles. The Morgan fingerprint density at radius 1 is 1.12 bits per heavy atom. The van der Waals surface area contributed by atoms with Crippen LogP contribution in [0.15, 0.2) is 36.7 Å². The van der Waals surface area contributed by atoms with E-state index in [1.54, 1.807) is 31.5 Å². The van der Waals surface area contributed by atoms with Crippen LogP contribution < -0.4 is 14.8 Å². The highest BCUT2D eigenvalue weighted by atomic mass is 16.5. The number of nitrogens with zero attached hydrogens (tertiary/aromatic N) is 3. The van der Waals surface area contributed by atoms with Crippen LogP contribution in [0.5, 0.6) is 11.5 Å². The summed E-state index contributed by atoms with van der Waals surface area (Å²) >= 11 is 0. The first-order valence-electron chi connectivity index (χ1n) is 10.5. The number of amides is 4. The van der Waals surface area contributed by atoms with Crippen LogP contribution in [0.4, 0.5) is 4.79 Å². The molecule has 1 N–H and O–H groups in total. The van der Waals surface area contributed by atoms with Crippen LogP contribution in [-0.4, -0.2) is 59.4 Å². The molecule has 0 aliphatic carbocycles. The number of pyridine rings is 1. The van der Waals surface area contributed by atoms with Crippen LogP contribution in [0.2, 0.25) is 0 Å². The highest BCUT2D eigenvalue weighted by Crippen LogP contribution is 2.37. The first kappa shape index (κ1) is 21.6. The maximum atomic E-state index is 12.9. The van der Waals surface area contributed by atoms with Crippen molar-refractivity contribution in [2.45, 2.75) is 38.4 Å². The van der Waals surface area contributed by atoms with Gasteiger partial charge in [-0.3, -0.25) is 19.5 Å². The first-order valence-corrected chi connectivity index (χ1v) is 10.5. The van der Waals surface area contributed by atoms with Crippen LogP contribution >= 0.6 is 0 Å². The predicted octanol–water partition coefficient (Wildman–Crippen LogP) is 1.88. The molecule has 9 heteroatoms. The molecular weight excluding hydrogens is 412 g/mol. The van der Waals surface area contributed by atoms with E-state index in [2.05, 4.69) is 10.3 Å². The van der Waals surface area contributed by atoms with Crippen LogP contribution in [0, 0.1) is 0 Å². The smallest absolute Gasteiger partial charge is 0.327 e. The monoisotopic (exact) mass is 438 g/mol. The number of methoxy groups -OCH3 is 2. The number of rotatable bonds is 8. The summed E-state index contributed by atoms with van der Waals surface area (Å²) in [6.45, 7) is 0.980. The highest BCUT2D eigenvalue weighted by Gasteiger charge is 2.47. The summed E-state index contributed by atoms with van der Waals surface area (Å²) in [5.74, 6) is 0.862. The molecule has 4 rings (SSSR count). The van der Waals surface area contributed by atoms with Gasteiger partial charge >= 0.3 is 6.03 Å². The molecule has 1 fully saturated rings. The fourth-order valence-electron chi connectivity index (χ4n) is 4.16. The van der Waals surface area contributed by atoms with Crippen LogP contribution in [0.25, 0.3) is 0 Å².